The minimum absolute atomic E-state index is 0.212. The van der Waals surface area contributed by atoms with Crippen molar-refractivity contribution in [1.29, 1.82) is 0 Å². The first-order chi connectivity index (χ1) is 9.94. The molecule has 0 spiro atoms. The van der Waals surface area contributed by atoms with Crippen LogP contribution in [0.15, 0.2) is 30.6 Å². The topological polar surface area (TPSA) is 66.9 Å². The van der Waals surface area contributed by atoms with E-state index in [1.54, 1.807) is 0 Å². The van der Waals surface area contributed by atoms with E-state index in [4.69, 9.17) is 0 Å². The summed E-state index contributed by atoms with van der Waals surface area (Å²) < 4.78 is 0. The molecule has 0 aliphatic rings. The molecule has 0 unspecified atom stereocenters. The van der Waals surface area contributed by atoms with Gasteiger partial charge in [-0.15, -0.1) is 0 Å². The molecule has 2 rings (SSSR count). The van der Waals surface area contributed by atoms with E-state index < -0.39 is 0 Å². The molecule has 21 heavy (non-hydrogen) atoms. The van der Waals surface area contributed by atoms with Crippen LogP contribution >= 0.6 is 0 Å². The molecule has 0 radical (unpaired) electrons. The summed E-state index contributed by atoms with van der Waals surface area (Å²) in [6.45, 7) is 8.00. The Morgan fingerprint density at radius 3 is 2.14 bits per heavy atom. The van der Waals surface area contributed by atoms with E-state index >= 15 is 0 Å². The van der Waals surface area contributed by atoms with Crippen LogP contribution in [0.25, 0.3) is 0 Å². The summed E-state index contributed by atoms with van der Waals surface area (Å²) in [6, 6.07) is 6.17. The zero-order valence-corrected chi connectivity index (χ0v) is 12.8. The highest BCUT2D eigenvalue weighted by Gasteiger charge is 2.08. The maximum absolute atomic E-state index is 12.2. The molecule has 2 aromatic rings. The molecule has 0 aliphatic heterocycles. The van der Waals surface area contributed by atoms with Crippen LogP contribution in [-0.2, 0) is 0 Å². The van der Waals surface area contributed by atoms with E-state index in [2.05, 4.69) is 26.7 Å². The Kier molecular flexibility index (Phi) is 4.52. The standard InChI is InChI=1S/C16H20N4O/c1-10(2)19-16-17-8-13(9-18-16)15(21)20-14-6-11(3)5-12(4)7-14/h5-10H,1-4H3,(H,20,21)(H,17,18,19). The second-order valence-electron chi connectivity index (χ2n) is 5.42. The summed E-state index contributed by atoms with van der Waals surface area (Å²) in [7, 11) is 0. The van der Waals surface area contributed by atoms with Crippen molar-refractivity contribution in [2.24, 2.45) is 0 Å². The third-order valence-electron chi connectivity index (χ3n) is 2.81. The number of anilines is 2. The van der Waals surface area contributed by atoms with Crippen LogP contribution in [0.3, 0.4) is 0 Å². The highest BCUT2D eigenvalue weighted by molar-refractivity contribution is 6.04. The average Bonchev–Trinajstić information content (AvgIpc) is 2.37. The minimum Gasteiger partial charge on any atom is -0.352 e. The van der Waals surface area contributed by atoms with Gasteiger partial charge in [0.25, 0.3) is 5.91 Å². The van der Waals surface area contributed by atoms with E-state index in [-0.39, 0.29) is 11.9 Å². The Labute approximate surface area is 124 Å². The number of hydrogen-bond donors (Lipinski definition) is 2. The molecular weight excluding hydrogens is 264 g/mol. The van der Waals surface area contributed by atoms with Crippen molar-refractivity contribution in [3.05, 3.63) is 47.3 Å². The fourth-order valence-corrected chi connectivity index (χ4v) is 2.03. The van der Waals surface area contributed by atoms with Gasteiger partial charge in [-0.25, -0.2) is 9.97 Å². The Hall–Kier alpha value is -2.43. The zero-order valence-electron chi connectivity index (χ0n) is 12.8. The van der Waals surface area contributed by atoms with Crippen LogP contribution in [-0.4, -0.2) is 21.9 Å². The zero-order chi connectivity index (χ0) is 15.4. The predicted octanol–water partition coefficient (Wildman–Crippen LogP) is 3.17. The third-order valence-corrected chi connectivity index (χ3v) is 2.81. The number of carbonyl (C=O) groups is 1. The van der Waals surface area contributed by atoms with Gasteiger partial charge in [-0.05, 0) is 51.0 Å². The summed E-state index contributed by atoms with van der Waals surface area (Å²) in [6.07, 6.45) is 3.05. The smallest absolute Gasteiger partial charge is 0.258 e. The Morgan fingerprint density at radius 2 is 1.62 bits per heavy atom. The molecule has 110 valence electrons. The van der Waals surface area contributed by atoms with E-state index in [1.165, 1.54) is 12.4 Å². The largest absolute Gasteiger partial charge is 0.352 e. The van der Waals surface area contributed by atoms with Crippen molar-refractivity contribution in [2.75, 3.05) is 10.6 Å². The number of nitrogens with zero attached hydrogens (tertiary/aromatic N) is 2. The van der Waals surface area contributed by atoms with E-state index in [0.717, 1.165) is 16.8 Å². The van der Waals surface area contributed by atoms with Gasteiger partial charge in [-0.2, -0.15) is 0 Å². The molecule has 0 atom stereocenters. The second-order valence-corrected chi connectivity index (χ2v) is 5.42. The first kappa shape index (κ1) is 15.0. The quantitative estimate of drug-likeness (QED) is 0.905. The Morgan fingerprint density at radius 1 is 1.05 bits per heavy atom. The first-order valence-corrected chi connectivity index (χ1v) is 6.92. The van der Waals surface area contributed by atoms with Crippen LogP contribution in [0.1, 0.15) is 35.3 Å². The molecule has 1 aromatic carbocycles. The van der Waals surface area contributed by atoms with Gasteiger partial charge in [0, 0.05) is 24.1 Å². The number of amides is 1. The average molecular weight is 284 g/mol. The minimum atomic E-state index is -0.212. The Balaban J connectivity index is 2.09. The lowest BCUT2D eigenvalue weighted by Gasteiger charge is -2.09. The van der Waals surface area contributed by atoms with Crippen LogP contribution in [0.4, 0.5) is 11.6 Å². The van der Waals surface area contributed by atoms with E-state index in [1.807, 2.05) is 39.8 Å². The number of carbonyl (C=O) groups excluding carboxylic acids is 1. The lowest BCUT2D eigenvalue weighted by atomic mass is 10.1. The third kappa shape index (κ3) is 4.27. The van der Waals surface area contributed by atoms with Crippen molar-refractivity contribution < 1.29 is 4.79 Å². The summed E-state index contributed by atoms with van der Waals surface area (Å²) in [5.41, 5.74) is 3.43. The van der Waals surface area contributed by atoms with Gasteiger partial charge >= 0.3 is 0 Å². The summed E-state index contributed by atoms with van der Waals surface area (Å²) >= 11 is 0. The maximum Gasteiger partial charge on any atom is 0.258 e. The molecule has 1 amide bonds. The number of nitrogens with one attached hydrogen (secondary N) is 2. The number of aromatic nitrogens is 2. The maximum atomic E-state index is 12.2. The molecule has 5 nitrogen and oxygen atoms in total. The number of hydrogen-bond acceptors (Lipinski definition) is 4. The van der Waals surface area contributed by atoms with Crippen molar-refractivity contribution >= 4 is 17.5 Å². The van der Waals surface area contributed by atoms with Crippen molar-refractivity contribution in [1.82, 2.24) is 9.97 Å². The van der Waals surface area contributed by atoms with Gasteiger partial charge in [-0.1, -0.05) is 6.07 Å². The van der Waals surface area contributed by atoms with E-state index in [0.29, 0.717) is 11.5 Å². The van der Waals surface area contributed by atoms with Gasteiger partial charge in [0.15, 0.2) is 0 Å². The molecule has 1 aromatic heterocycles. The van der Waals surface area contributed by atoms with Crippen LogP contribution in [0.5, 0.6) is 0 Å². The van der Waals surface area contributed by atoms with Crippen LogP contribution in [0.2, 0.25) is 0 Å². The van der Waals surface area contributed by atoms with E-state index in [9.17, 15) is 4.79 Å². The molecule has 0 saturated heterocycles. The monoisotopic (exact) mass is 284 g/mol. The fraction of sp³-hybridized carbons (Fsp3) is 0.312. The Bertz CT molecular complexity index is 615. The lowest BCUT2D eigenvalue weighted by Crippen LogP contribution is -2.15. The van der Waals surface area contributed by atoms with Crippen LogP contribution in [0, 0.1) is 13.8 Å². The molecule has 0 aliphatic carbocycles. The molecule has 5 heteroatoms. The lowest BCUT2D eigenvalue weighted by molar-refractivity contribution is 0.102. The predicted molar refractivity (Wildman–Crippen MR) is 84.7 cm³/mol. The van der Waals surface area contributed by atoms with Crippen molar-refractivity contribution in [2.45, 2.75) is 33.7 Å². The second kappa shape index (κ2) is 6.35. The first-order valence-electron chi connectivity index (χ1n) is 6.92. The summed E-state index contributed by atoms with van der Waals surface area (Å²) in [4.78, 5) is 20.4. The molecule has 0 bridgehead atoms. The van der Waals surface area contributed by atoms with Gasteiger partial charge in [0.05, 0.1) is 5.56 Å². The fourth-order valence-electron chi connectivity index (χ4n) is 2.03. The highest BCUT2D eigenvalue weighted by Crippen LogP contribution is 2.15. The molecule has 2 N–H and O–H groups in total. The van der Waals surface area contributed by atoms with Crippen LogP contribution < -0.4 is 10.6 Å². The molecular formula is C16H20N4O. The number of aryl methyl sites for hydroxylation is 2. The number of benzene rings is 1. The molecule has 0 fully saturated rings. The highest BCUT2D eigenvalue weighted by atomic mass is 16.1. The molecule has 0 saturated carbocycles. The van der Waals surface area contributed by atoms with Gasteiger partial charge < -0.3 is 10.6 Å². The summed E-state index contributed by atoms with van der Waals surface area (Å²) in [5.74, 6) is 0.309. The summed E-state index contributed by atoms with van der Waals surface area (Å²) in [5, 5.41) is 5.94. The van der Waals surface area contributed by atoms with Crippen molar-refractivity contribution in [3.8, 4) is 0 Å². The normalized spacial score (nSPS) is 10.5. The number of rotatable bonds is 4. The van der Waals surface area contributed by atoms with Gasteiger partial charge in [0.1, 0.15) is 0 Å². The van der Waals surface area contributed by atoms with Gasteiger partial charge in [0.2, 0.25) is 5.95 Å². The SMILES string of the molecule is Cc1cc(C)cc(NC(=O)c2cnc(NC(C)C)nc2)c1. The van der Waals surface area contributed by atoms with Crippen molar-refractivity contribution in [3.63, 3.8) is 0 Å². The molecule has 1 heterocycles. The van der Waals surface area contributed by atoms with Gasteiger partial charge in [-0.3, -0.25) is 4.79 Å².